The Morgan fingerprint density at radius 1 is 1.20 bits per heavy atom. The number of nitrogens with zero attached hydrogens (tertiary/aromatic N) is 1. The van der Waals surface area contributed by atoms with Crippen molar-refractivity contribution in [2.75, 3.05) is 59.8 Å². The van der Waals surface area contributed by atoms with E-state index in [1.807, 2.05) is 6.92 Å². The van der Waals surface area contributed by atoms with Crippen LogP contribution in [0.4, 0.5) is 0 Å². The number of ether oxygens (including phenoxy) is 3. The fourth-order valence-electron chi connectivity index (χ4n) is 2.37. The van der Waals surface area contributed by atoms with Crippen molar-refractivity contribution >= 4 is 5.97 Å². The minimum Gasteiger partial charge on any atom is -0.481 e. The third kappa shape index (κ3) is 6.17. The average Bonchev–Trinajstić information content (AvgIpc) is 2.42. The van der Waals surface area contributed by atoms with E-state index in [9.17, 15) is 9.90 Å². The number of methoxy groups -OCH3 is 1. The number of likely N-dealkylation sites (tertiary alicyclic amines) is 1. The number of carbonyl (C=O) groups is 1. The number of hydrogen-bond acceptors (Lipinski definition) is 5. The van der Waals surface area contributed by atoms with Crippen LogP contribution in [-0.4, -0.2) is 75.8 Å². The highest BCUT2D eigenvalue weighted by molar-refractivity contribution is 5.74. The maximum Gasteiger partial charge on any atom is 0.310 e. The number of rotatable bonds is 10. The topological polar surface area (TPSA) is 68.2 Å². The summed E-state index contributed by atoms with van der Waals surface area (Å²) in [6, 6.07) is 0. The van der Waals surface area contributed by atoms with Gasteiger partial charge in [0.2, 0.25) is 0 Å². The molecule has 0 aromatic carbocycles. The Labute approximate surface area is 121 Å². The Kier molecular flexibility index (Phi) is 8.06. The summed E-state index contributed by atoms with van der Waals surface area (Å²) >= 11 is 0. The number of carboxylic acids is 1. The molecule has 0 bridgehead atoms. The summed E-state index contributed by atoms with van der Waals surface area (Å²) in [6.45, 7) is 7.09. The second-order valence-corrected chi connectivity index (χ2v) is 5.46. The standard InChI is InChI=1S/C14H27NO5/c1-14(13(16)17)4-3-5-15(12-14)6-7-19-10-11-20-9-8-18-2/h3-12H2,1-2H3,(H,16,17). The molecule has 0 spiro atoms. The Balaban J connectivity index is 2.06. The van der Waals surface area contributed by atoms with Gasteiger partial charge >= 0.3 is 5.97 Å². The van der Waals surface area contributed by atoms with Gasteiger partial charge in [0.15, 0.2) is 0 Å². The molecule has 0 aliphatic carbocycles. The summed E-state index contributed by atoms with van der Waals surface area (Å²) in [7, 11) is 1.64. The zero-order chi connectivity index (χ0) is 14.8. The van der Waals surface area contributed by atoms with Gasteiger partial charge in [-0.1, -0.05) is 0 Å². The molecule has 1 atom stereocenters. The quantitative estimate of drug-likeness (QED) is 0.601. The van der Waals surface area contributed by atoms with Crippen LogP contribution in [0.25, 0.3) is 0 Å². The number of aliphatic carboxylic acids is 1. The maximum absolute atomic E-state index is 11.2. The van der Waals surface area contributed by atoms with Crippen molar-refractivity contribution in [2.24, 2.45) is 5.41 Å². The van der Waals surface area contributed by atoms with Crippen molar-refractivity contribution < 1.29 is 24.1 Å². The highest BCUT2D eigenvalue weighted by Crippen LogP contribution is 2.29. The lowest BCUT2D eigenvalue weighted by molar-refractivity contribution is -0.151. The molecule has 118 valence electrons. The molecule has 1 heterocycles. The minimum absolute atomic E-state index is 0.563. The second kappa shape index (κ2) is 9.28. The van der Waals surface area contributed by atoms with Gasteiger partial charge in [0.25, 0.3) is 0 Å². The normalized spacial score (nSPS) is 23.9. The van der Waals surface area contributed by atoms with Crippen LogP contribution in [-0.2, 0) is 19.0 Å². The molecule has 1 rings (SSSR count). The van der Waals surface area contributed by atoms with Gasteiger partial charge in [0.05, 0.1) is 38.4 Å². The third-order valence-electron chi connectivity index (χ3n) is 3.65. The molecule has 0 amide bonds. The average molecular weight is 289 g/mol. The van der Waals surface area contributed by atoms with E-state index in [0.29, 0.717) is 39.6 Å². The van der Waals surface area contributed by atoms with Crippen molar-refractivity contribution in [1.29, 1.82) is 0 Å². The van der Waals surface area contributed by atoms with E-state index in [2.05, 4.69) is 4.90 Å². The molecule has 6 nitrogen and oxygen atoms in total. The van der Waals surface area contributed by atoms with E-state index in [4.69, 9.17) is 14.2 Å². The molecule has 0 saturated carbocycles. The largest absolute Gasteiger partial charge is 0.481 e. The molecule has 1 saturated heterocycles. The third-order valence-corrected chi connectivity index (χ3v) is 3.65. The fraction of sp³-hybridized carbons (Fsp3) is 0.929. The van der Waals surface area contributed by atoms with Crippen LogP contribution < -0.4 is 0 Å². The fourth-order valence-corrected chi connectivity index (χ4v) is 2.37. The lowest BCUT2D eigenvalue weighted by atomic mass is 9.82. The summed E-state index contributed by atoms with van der Waals surface area (Å²) in [5.41, 5.74) is -0.610. The van der Waals surface area contributed by atoms with E-state index in [1.165, 1.54) is 0 Å². The SMILES string of the molecule is COCCOCCOCCN1CCCC(C)(C(=O)O)C1. The van der Waals surface area contributed by atoms with Crippen LogP contribution in [0.15, 0.2) is 0 Å². The van der Waals surface area contributed by atoms with Crippen LogP contribution in [0.5, 0.6) is 0 Å². The molecule has 20 heavy (non-hydrogen) atoms. The Morgan fingerprint density at radius 3 is 2.50 bits per heavy atom. The molecule has 1 aliphatic heterocycles. The van der Waals surface area contributed by atoms with Gasteiger partial charge in [-0.05, 0) is 26.3 Å². The van der Waals surface area contributed by atoms with E-state index >= 15 is 0 Å². The summed E-state index contributed by atoms with van der Waals surface area (Å²) in [5, 5.41) is 9.24. The highest BCUT2D eigenvalue weighted by Gasteiger charge is 2.37. The smallest absolute Gasteiger partial charge is 0.310 e. The van der Waals surface area contributed by atoms with Crippen LogP contribution in [0, 0.1) is 5.41 Å². The first-order valence-corrected chi connectivity index (χ1v) is 7.19. The molecule has 0 radical (unpaired) electrons. The van der Waals surface area contributed by atoms with Gasteiger partial charge < -0.3 is 19.3 Å². The van der Waals surface area contributed by atoms with Crippen LogP contribution in [0.1, 0.15) is 19.8 Å². The first kappa shape index (κ1) is 17.4. The highest BCUT2D eigenvalue weighted by atomic mass is 16.5. The van der Waals surface area contributed by atoms with E-state index in [0.717, 1.165) is 25.9 Å². The first-order valence-electron chi connectivity index (χ1n) is 7.19. The number of carboxylic acid groups (broad SMARTS) is 1. The van der Waals surface area contributed by atoms with Crippen molar-refractivity contribution in [3.63, 3.8) is 0 Å². The first-order chi connectivity index (χ1) is 9.58. The van der Waals surface area contributed by atoms with Crippen molar-refractivity contribution in [2.45, 2.75) is 19.8 Å². The van der Waals surface area contributed by atoms with Gasteiger partial charge in [0.1, 0.15) is 0 Å². The van der Waals surface area contributed by atoms with Crippen molar-refractivity contribution in [1.82, 2.24) is 4.90 Å². The van der Waals surface area contributed by atoms with Gasteiger partial charge in [-0.15, -0.1) is 0 Å². The van der Waals surface area contributed by atoms with Crippen LogP contribution >= 0.6 is 0 Å². The molecule has 0 aromatic heterocycles. The zero-order valence-electron chi connectivity index (χ0n) is 12.6. The van der Waals surface area contributed by atoms with E-state index in [-0.39, 0.29) is 0 Å². The van der Waals surface area contributed by atoms with Gasteiger partial charge in [-0.3, -0.25) is 9.69 Å². The molecule has 1 fully saturated rings. The van der Waals surface area contributed by atoms with Crippen molar-refractivity contribution in [3.05, 3.63) is 0 Å². The van der Waals surface area contributed by atoms with Gasteiger partial charge in [-0.2, -0.15) is 0 Å². The summed E-state index contributed by atoms with van der Waals surface area (Å²) in [5.74, 6) is -0.699. The maximum atomic E-state index is 11.2. The van der Waals surface area contributed by atoms with E-state index in [1.54, 1.807) is 7.11 Å². The Hall–Kier alpha value is -0.690. The Bertz CT molecular complexity index is 287. The lowest BCUT2D eigenvalue weighted by Crippen LogP contribution is -2.47. The van der Waals surface area contributed by atoms with Crippen LogP contribution in [0.3, 0.4) is 0 Å². The molecule has 1 unspecified atom stereocenters. The lowest BCUT2D eigenvalue weighted by Gasteiger charge is -2.37. The second-order valence-electron chi connectivity index (χ2n) is 5.46. The van der Waals surface area contributed by atoms with Crippen LogP contribution in [0.2, 0.25) is 0 Å². The van der Waals surface area contributed by atoms with Gasteiger partial charge in [-0.25, -0.2) is 0 Å². The molecule has 0 aromatic rings. The number of piperidine rings is 1. The molecule has 6 heteroatoms. The van der Waals surface area contributed by atoms with Gasteiger partial charge in [0, 0.05) is 20.2 Å². The number of hydrogen-bond donors (Lipinski definition) is 1. The van der Waals surface area contributed by atoms with E-state index < -0.39 is 11.4 Å². The molecular weight excluding hydrogens is 262 g/mol. The summed E-state index contributed by atoms with van der Waals surface area (Å²) < 4.78 is 15.6. The molecule has 1 N–H and O–H groups in total. The predicted molar refractivity (Wildman–Crippen MR) is 74.9 cm³/mol. The molecule has 1 aliphatic rings. The summed E-state index contributed by atoms with van der Waals surface area (Å²) in [4.78, 5) is 13.4. The monoisotopic (exact) mass is 289 g/mol. The zero-order valence-corrected chi connectivity index (χ0v) is 12.6. The predicted octanol–water partition coefficient (Wildman–Crippen LogP) is 0.853. The van der Waals surface area contributed by atoms with Crippen molar-refractivity contribution in [3.8, 4) is 0 Å². The molecular formula is C14H27NO5. The minimum atomic E-state index is -0.699. The summed E-state index contributed by atoms with van der Waals surface area (Å²) in [6.07, 6.45) is 1.69. The Morgan fingerprint density at radius 2 is 1.85 bits per heavy atom.